The molecule has 0 saturated carbocycles. The third-order valence-electron chi connectivity index (χ3n) is 4.22. The van der Waals surface area contributed by atoms with Gasteiger partial charge < -0.3 is 9.30 Å². The number of aromatic nitrogens is 1. The van der Waals surface area contributed by atoms with Gasteiger partial charge in [0, 0.05) is 42.9 Å². The van der Waals surface area contributed by atoms with Crippen LogP contribution in [0.1, 0.15) is 12.0 Å². The van der Waals surface area contributed by atoms with Crippen LogP contribution in [0.4, 0.5) is 5.69 Å². The van der Waals surface area contributed by atoms with Gasteiger partial charge in [-0.1, -0.05) is 29.0 Å². The Morgan fingerprint density at radius 2 is 2.03 bits per heavy atom. The van der Waals surface area contributed by atoms with E-state index in [1.165, 1.54) is 29.0 Å². The highest BCUT2D eigenvalue weighted by atomic mass is 32.2. The molecule has 0 N–H and O–H groups in total. The second-order valence-corrected chi connectivity index (χ2v) is 8.53. The predicted molar refractivity (Wildman–Crippen MR) is 115 cm³/mol. The topological polar surface area (TPSA) is 86.7 Å². The molecule has 1 amide bonds. The van der Waals surface area contributed by atoms with Crippen molar-refractivity contribution in [3.05, 3.63) is 62.9 Å². The van der Waals surface area contributed by atoms with Crippen LogP contribution >= 0.6 is 23.1 Å². The Morgan fingerprint density at radius 3 is 2.72 bits per heavy atom. The Kier molecular flexibility index (Phi) is 7.18. The van der Waals surface area contributed by atoms with Gasteiger partial charge >= 0.3 is 0 Å². The van der Waals surface area contributed by atoms with E-state index < -0.39 is 4.92 Å². The van der Waals surface area contributed by atoms with Crippen molar-refractivity contribution in [2.45, 2.75) is 24.8 Å². The molecule has 0 saturated heterocycles. The number of nitrogens with zero attached hydrogens (tertiary/aromatic N) is 3. The molecule has 0 atom stereocenters. The summed E-state index contributed by atoms with van der Waals surface area (Å²) in [6.45, 7) is 2.91. The van der Waals surface area contributed by atoms with Crippen molar-refractivity contribution in [1.82, 2.24) is 4.57 Å². The molecule has 0 unspecified atom stereocenters. The van der Waals surface area contributed by atoms with Crippen molar-refractivity contribution < 1.29 is 14.5 Å². The number of nitro groups is 1. The Balaban J connectivity index is 1.80. The average molecular weight is 432 g/mol. The van der Waals surface area contributed by atoms with Gasteiger partial charge in [-0.3, -0.25) is 14.9 Å². The SMILES string of the molecule is COCCn1c(=NC(=O)CCSc2ccc(C)cc2)sc2ccc([N+](=O)[O-])cc21. The highest BCUT2D eigenvalue weighted by Gasteiger charge is 2.13. The number of non-ortho nitro benzene ring substituents is 1. The largest absolute Gasteiger partial charge is 0.383 e. The van der Waals surface area contributed by atoms with Crippen molar-refractivity contribution in [2.24, 2.45) is 4.99 Å². The molecule has 3 aromatic rings. The van der Waals surface area contributed by atoms with E-state index in [-0.39, 0.29) is 11.6 Å². The zero-order chi connectivity index (χ0) is 20.8. The standard InChI is InChI=1S/C20H21N3O4S2/c1-14-3-6-16(7-4-14)28-12-9-19(24)21-20-22(10-11-27-2)17-13-15(23(25)26)5-8-18(17)29-20/h3-8,13H,9-12H2,1-2H3. The molecular weight excluding hydrogens is 410 g/mol. The van der Waals surface area contributed by atoms with Crippen molar-refractivity contribution >= 4 is 44.9 Å². The highest BCUT2D eigenvalue weighted by molar-refractivity contribution is 7.99. The first kappa shape index (κ1) is 21.2. The molecule has 9 heteroatoms. The van der Waals surface area contributed by atoms with E-state index in [4.69, 9.17) is 4.74 Å². The Bertz CT molecular complexity index is 1090. The number of amides is 1. The molecule has 1 aromatic heterocycles. The number of rotatable bonds is 8. The molecule has 0 radical (unpaired) electrons. The number of thiazole rings is 1. The van der Waals surface area contributed by atoms with Crippen molar-refractivity contribution in [3.63, 3.8) is 0 Å². The van der Waals surface area contributed by atoms with Crippen LogP contribution in [0.2, 0.25) is 0 Å². The normalized spacial score (nSPS) is 11.9. The third-order valence-corrected chi connectivity index (χ3v) is 6.29. The van der Waals surface area contributed by atoms with E-state index in [9.17, 15) is 14.9 Å². The van der Waals surface area contributed by atoms with Crippen LogP contribution in [0, 0.1) is 17.0 Å². The number of methoxy groups -OCH3 is 1. The first-order valence-electron chi connectivity index (χ1n) is 9.01. The van der Waals surface area contributed by atoms with Gasteiger partial charge in [0.15, 0.2) is 4.80 Å². The lowest BCUT2D eigenvalue weighted by Gasteiger charge is -2.04. The number of hydrogen-bond donors (Lipinski definition) is 0. The zero-order valence-corrected chi connectivity index (χ0v) is 17.8. The van der Waals surface area contributed by atoms with E-state index in [1.807, 2.05) is 35.8 Å². The summed E-state index contributed by atoms with van der Waals surface area (Å²) in [5, 5.41) is 11.1. The number of thioether (sulfide) groups is 1. The molecule has 0 aliphatic carbocycles. The summed E-state index contributed by atoms with van der Waals surface area (Å²) in [6, 6.07) is 12.8. The minimum atomic E-state index is -0.429. The maximum Gasteiger partial charge on any atom is 0.271 e. The first-order valence-corrected chi connectivity index (χ1v) is 10.8. The van der Waals surface area contributed by atoms with Gasteiger partial charge in [-0.25, -0.2) is 0 Å². The maximum absolute atomic E-state index is 12.4. The number of benzene rings is 2. The van der Waals surface area contributed by atoms with Crippen molar-refractivity contribution in [1.29, 1.82) is 0 Å². The van der Waals surface area contributed by atoms with Crippen LogP contribution in [-0.4, -0.2) is 34.9 Å². The summed E-state index contributed by atoms with van der Waals surface area (Å²) < 4.78 is 7.79. The van der Waals surface area contributed by atoms with Crippen LogP contribution < -0.4 is 4.80 Å². The fourth-order valence-electron chi connectivity index (χ4n) is 2.71. The zero-order valence-electron chi connectivity index (χ0n) is 16.2. The van der Waals surface area contributed by atoms with Crippen LogP contribution in [-0.2, 0) is 16.1 Å². The van der Waals surface area contributed by atoms with Crippen molar-refractivity contribution in [3.8, 4) is 0 Å². The van der Waals surface area contributed by atoms with Crippen LogP contribution in [0.3, 0.4) is 0 Å². The molecular formula is C20H21N3O4S2. The molecule has 2 aromatic carbocycles. The number of nitro benzene ring substituents is 1. The Hall–Kier alpha value is -2.49. The highest BCUT2D eigenvalue weighted by Crippen LogP contribution is 2.23. The summed E-state index contributed by atoms with van der Waals surface area (Å²) in [5.74, 6) is 0.427. The molecule has 0 spiro atoms. The van der Waals surface area contributed by atoms with Gasteiger partial charge in [0.25, 0.3) is 5.69 Å². The summed E-state index contributed by atoms with van der Waals surface area (Å²) >= 11 is 2.96. The summed E-state index contributed by atoms with van der Waals surface area (Å²) in [6.07, 6.45) is 0.317. The lowest BCUT2D eigenvalue weighted by atomic mass is 10.2. The smallest absolute Gasteiger partial charge is 0.271 e. The minimum absolute atomic E-state index is 0.00819. The second kappa shape index (κ2) is 9.82. The molecule has 7 nitrogen and oxygen atoms in total. The lowest BCUT2D eigenvalue weighted by molar-refractivity contribution is -0.384. The number of ether oxygens (including phenoxy) is 1. The quantitative estimate of drug-likeness (QED) is 0.303. The maximum atomic E-state index is 12.4. The summed E-state index contributed by atoms with van der Waals surface area (Å²) in [5.41, 5.74) is 1.89. The van der Waals surface area contributed by atoms with Crippen LogP contribution in [0.5, 0.6) is 0 Å². The summed E-state index contributed by atoms with van der Waals surface area (Å²) in [4.78, 5) is 29.0. The monoisotopic (exact) mass is 431 g/mol. The third kappa shape index (κ3) is 5.53. The lowest BCUT2D eigenvalue weighted by Crippen LogP contribution is -2.19. The van der Waals surface area contributed by atoms with Crippen LogP contribution in [0.15, 0.2) is 52.4 Å². The molecule has 0 aliphatic rings. The number of fused-ring (bicyclic) bond motifs is 1. The van der Waals surface area contributed by atoms with Gasteiger partial charge in [-0.15, -0.1) is 11.8 Å². The number of hydrogen-bond acceptors (Lipinski definition) is 6. The van der Waals surface area contributed by atoms with Gasteiger partial charge in [0.2, 0.25) is 5.91 Å². The molecule has 0 fully saturated rings. The van der Waals surface area contributed by atoms with Gasteiger partial charge in [-0.05, 0) is 25.1 Å². The van der Waals surface area contributed by atoms with E-state index in [1.54, 1.807) is 24.9 Å². The number of carbonyl (C=O) groups excluding carboxylic acids is 1. The van der Waals surface area contributed by atoms with E-state index in [2.05, 4.69) is 4.99 Å². The number of carbonyl (C=O) groups is 1. The van der Waals surface area contributed by atoms with E-state index in [0.717, 1.165) is 9.60 Å². The van der Waals surface area contributed by atoms with Gasteiger partial charge in [0.1, 0.15) is 0 Å². The van der Waals surface area contributed by atoms with E-state index in [0.29, 0.717) is 35.6 Å². The number of aryl methyl sites for hydroxylation is 1. The molecule has 29 heavy (non-hydrogen) atoms. The first-order chi connectivity index (χ1) is 14.0. The average Bonchev–Trinajstić information content (AvgIpc) is 3.03. The van der Waals surface area contributed by atoms with Crippen LogP contribution in [0.25, 0.3) is 10.2 Å². The molecule has 3 rings (SSSR count). The van der Waals surface area contributed by atoms with E-state index >= 15 is 0 Å². The Labute approximate surface area is 176 Å². The molecule has 152 valence electrons. The second-order valence-electron chi connectivity index (χ2n) is 6.36. The van der Waals surface area contributed by atoms with Crippen molar-refractivity contribution in [2.75, 3.05) is 19.5 Å². The van der Waals surface area contributed by atoms with Gasteiger partial charge in [0.05, 0.1) is 21.7 Å². The minimum Gasteiger partial charge on any atom is -0.383 e. The molecule has 0 bridgehead atoms. The fourth-order valence-corrected chi connectivity index (χ4v) is 4.60. The Morgan fingerprint density at radius 1 is 1.28 bits per heavy atom. The predicted octanol–water partition coefficient (Wildman–Crippen LogP) is 4.18. The fraction of sp³-hybridized carbons (Fsp3) is 0.300. The molecule has 1 heterocycles. The van der Waals surface area contributed by atoms with Gasteiger partial charge in [-0.2, -0.15) is 4.99 Å². The summed E-state index contributed by atoms with van der Waals surface area (Å²) in [7, 11) is 1.59. The molecule has 0 aliphatic heterocycles.